The highest BCUT2D eigenvalue weighted by molar-refractivity contribution is 4.73. The zero-order valence-electron chi connectivity index (χ0n) is 8.37. The van der Waals surface area contributed by atoms with Crippen molar-refractivity contribution in [1.82, 2.24) is 5.32 Å². The van der Waals surface area contributed by atoms with Crippen LogP contribution in [0.15, 0.2) is 0 Å². The van der Waals surface area contributed by atoms with Crippen molar-refractivity contribution in [2.45, 2.75) is 44.7 Å². The van der Waals surface area contributed by atoms with Crippen molar-refractivity contribution in [2.75, 3.05) is 13.1 Å². The number of hydrogen-bond donors (Lipinski definition) is 1. The Morgan fingerprint density at radius 1 is 1.07 bits per heavy atom. The van der Waals surface area contributed by atoms with Gasteiger partial charge in [-0.25, -0.2) is 0 Å². The molecule has 1 aliphatic rings. The van der Waals surface area contributed by atoms with Crippen molar-refractivity contribution in [3.05, 3.63) is 0 Å². The average Bonchev–Trinajstić information content (AvgIpc) is 2.84. The SMILES string of the molecule is FC(F)(F)CCCCNCCC1CC1. The van der Waals surface area contributed by atoms with E-state index >= 15 is 0 Å². The van der Waals surface area contributed by atoms with E-state index < -0.39 is 12.6 Å². The fraction of sp³-hybridized carbons (Fsp3) is 1.00. The molecule has 0 saturated heterocycles. The van der Waals surface area contributed by atoms with Crippen molar-refractivity contribution < 1.29 is 13.2 Å². The molecule has 1 N–H and O–H groups in total. The third-order valence-corrected chi connectivity index (χ3v) is 2.49. The largest absolute Gasteiger partial charge is 0.389 e. The van der Waals surface area contributed by atoms with E-state index in [-0.39, 0.29) is 6.42 Å². The minimum atomic E-state index is -3.98. The number of unbranched alkanes of at least 4 members (excludes halogenated alkanes) is 1. The fourth-order valence-corrected chi connectivity index (χ4v) is 1.41. The number of halogens is 3. The zero-order chi connectivity index (χ0) is 10.4. The quantitative estimate of drug-likeness (QED) is 0.635. The summed E-state index contributed by atoms with van der Waals surface area (Å²) >= 11 is 0. The first-order valence-corrected chi connectivity index (χ1v) is 5.35. The van der Waals surface area contributed by atoms with Crippen LogP contribution in [0.5, 0.6) is 0 Å². The summed E-state index contributed by atoms with van der Waals surface area (Å²) in [6.45, 7) is 1.69. The van der Waals surface area contributed by atoms with Crippen molar-refractivity contribution >= 4 is 0 Å². The smallest absolute Gasteiger partial charge is 0.317 e. The Balaban J connectivity index is 1.75. The van der Waals surface area contributed by atoms with Gasteiger partial charge in [-0.05, 0) is 38.3 Å². The Morgan fingerprint density at radius 3 is 2.36 bits per heavy atom. The van der Waals surface area contributed by atoms with E-state index in [2.05, 4.69) is 5.32 Å². The average molecular weight is 209 g/mol. The molecule has 0 atom stereocenters. The Hall–Kier alpha value is -0.250. The zero-order valence-corrected chi connectivity index (χ0v) is 8.37. The summed E-state index contributed by atoms with van der Waals surface area (Å²) in [4.78, 5) is 0. The van der Waals surface area contributed by atoms with Crippen LogP contribution in [-0.2, 0) is 0 Å². The number of hydrogen-bond acceptors (Lipinski definition) is 1. The van der Waals surface area contributed by atoms with Gasteiger partial charge in [-0.15, -0.1) is 0 Å². The first-order valence-electron chi connectivity index (χ1n) is 5.35. The molecule has 1 aliphatic carbocycles. The monoisotopic (exact) mass is 209 g/mol. The molecule has 1 nitrogen and oxygen atoms in total. The molecule has 0 spiro atoms. The van der Waals surface area contributed by atoms with Crippen molar-refractivity contribution in [2.24, 2.45) is 5.92 Å². The minimum absolute atomic E-state index is 0.250. The van der Waals surface area contributed by atoms with E-state index in [9.17, 15) is 13.2 Å². The van der Waals surface area contributed by atoms with E-state index in [4.69, 9.17) is 0 Å². The van der Waals surface area contributed by atoms with Gasteiger partial charge in [0.2, 0.25) is 0 Å². The van der Waals surface area contributed by atoms with Gasteiger partial charge in [-0.2, -0.15) is 13.2 Å². The number of nitrogens with one attached hydrogen (secondary N) is 1. The lowest BCUT2D eigenvalue weighted by Crippen LogP contribution is -2.17. The van der Waals surface area contributed by atoms with Gasteiger partial charge >= 0.3 is 6.18 Å². The normalized spacial score (nSPS) is 17.4. The molecule has 0 aromatic rings. The van der Waals surface area contributed by atoms with Crippen LogP contribution in [0.4, 0.5) is 13.2 Å². The van der Waals surface area contributed by atoms with Crippen molar-refractivity contribution in [1.29, 1.82) is 0 Å². The molecule has 0 aromatic carbocycles. The van der Waals surface area contributed by atoms with Gasteiger partial charge in [0.25, 0.3) is 0 Å². The molecule has 0 unspecified atom stereocenters. The van der Waals surface area contributed by atoms with Gasteiger partial charge in [0.05, 0.1) is 0 Å². The van der Waals surface area contributed by atoms with E-state index in [1.165, 1.54) is 19.3 Å². The van der Waals surface area contributed by atoms with Crippen LogP contribution < -0.4 is 5.32 Å². The van der Waals surface area contributed by atoms with Crippen LogP contribution in [0.1, 0.15) is 38.5 Å². The van der Waals surface area contributed by atoms with Crippen molar-refractivity contribution in [3.8, 4) is 0 Å². The predicted molar refractivity (Wildman–Crippen MR) is 50.1 cm³/mol. The Bertz CT molecular complexity index is 152. The van der Waals surface area contributed by atoms with E-state index in [1.807, 2.05) is 0 Å². The molecule has 1 rings (SSSR count). The Kier molecular flexibility index (Phi) is 4.72. The second-order valence-corrected chi connectivity index (χ2v) is 4.05. The summed E-state index contributed by atoms with van der Waals surface area (Å²) in [5.74, 6) is 0.901. The van der Waals surface area contributed by atoms with Gasteiger partial charge in [0, 0.05) is 6.42 Å². The Morgan fingerprint density at radius 2 is 1.79 bits per heavy atom. The molecule has 0 radical (unpaired) electrons. The minimum Gasteiger partial charge on any atom is -0.317 e. The first kappa shape index (κ1) is 11.8. The second kappa shape index (κ2) is 5.59. The molecule has 0 aliphatic heterocycles. The van der Waals surface area contributed by atoms with Gasteiger partial charge < -0.3 is 5.32 Å². The van der Waals surface area contributed by atoms with Gasteiger partial charge in [0.1, 0.15) is 0 Å². The lowest BCUT2D eigenvalue weighted by atomic mass is 10.2. The lowest BCUT2D eigenvalue weighted by Gasteiger charge is -2.06. The van der Waals surface area contributed by atoms with Crippen LogP contribution in [0.25, 0.3) is 0 Å². The van der Waals surface area contributed by atoms with Crippen LogP contribution in [0.3, 0.4) is 0 Å². The van der Waals surface area contributed by atoms with Crippen LogP contribution in [-0.4, -0.2) is 19.3 Å². The third kappa shape index (κ3) is 7.18. The first-order chi connectivity index (χ1) is 6.58. The fourth-order valence-electron chi connectivity index (χ4n) is 1.41. The molecule has 1 fully saturated rings. The molecular formula is C10H18F3N. The molecular weight excluding hydrogens is 191 g/mol. The molecule has 0 heterocycles. The Labute approximate surface area is 83.1 Å². The molecule has 1 saturated carbocycles. The molecule has 84 valence electrons. The maximum atomic E-state index is 11.7. The van der Waals surface area contributed by atoms with E-state index in [0.717, 1.165) is 19.0 Å². The maximum absolute atomic E-state index is 11.7. The number of rotatable bonds is 7. The molecule has 0 bridgehead atoms. The lowest BCUT2D eigenvalue weighted by molar-refractivity contribution is -0.135. The molecule has 0 amide bonds. The molecule has 14 heavy (non-hydrogen) atoms. The maximum Gasteiger partial charge on any atom is 0.389 e. The van der Waals surface area contributed by atoms with Gasteiger partial charge in [-0.3, -0.25) is 0 Å². The number of alkyl halides is 3. The summed E-state index contributed by atoms with van der Waals surface area (Å²) in [5.41, 5.74) is 0. The molecule has 0 aromatic heterocycles. The molecule has 4 heteroatoms. The highest BCUT2D eigenvalue weighted by atomic mass is 19.4. The summed E-state index contributed by atoms with van der Waals surface area (Å²) in [7, 11) is 0. The topological polar surface area (TPSA) is 12.0 Å². The second-order valence-electron chi connectivity index (χ2n) is 4.05. The third-order valence-electron chi connectivity index (χ3n) is 2.49. The highest BCUT2D eigenvalue weighted by Crippen LogP contribution is 2.31. The van der Waals surface area contributed by atoms with Crippen LogP contribution in [0.2, 0.25) is 0 Å². The standard InChI is InChI=1S/C10H18F3N/c11-10(12,13)6-1-2-7-14-8-5-9-3-4-9/h9,14H,1-8H2. The van der Waals surface area contributed by atoms with Crippen LogP contribution >= 0.6 is 0 Å². The van der Waals surface area contributed by atoms with Crippen molar-refractivity contribution in [3.63, 3.8) is 0 Å². The van der Waals surface area contributed by atoms with Crippen LogP contribution in [0, 0.1) is 5.92 Å². The summed E-state index contributed by atoms with van der Waals surface area (Å²) in [6, 6.07) is 0. The van der Waals surface area contributed by atoms with Gasteiger partial charge in [-0.1, -0.05) is 12.8 Å². The summed E-state index contributed by atoms with van der Waals surface area (Å²) in [6.07, 6.45) is 0.139. The summed E-state index contributed by atoms with van der Waals surface area (Å²) in [5, 5.41) is 3.18. The summed E-state index contributed by atoms with van der Waals surface area (Å²) < 4.78 is 35.2. The van der Waals surface area contributed by atoms with E-state index in [0.29, 0.717) is 6.42 Å². The van der Waals surface area contributed by atoms with Gasteiger partial charge in [0.15, 0.2) is 0 Å². The van der Waals surface area contributed by atoms with E-state index in [1.54, 1.807) is 0 Å². The highest BCUT2D eigenvalue weighted by Gasteiger charge is 2.25. The predicted octanol–water partition coefficient (Wildman–Crippen LogP) is 3.11.